The Kier molecular flexibility index (Phi) is 7.72. The van der Waals surface area contributed by atoms with Crippen molar-refractivity contribution in [3.8, 4) is 11.1 Å². The van der Waals surface area contributed by atoms with Crippen LogP contribution in [-0.2, 0) is 4.79 Å². The lowest BCUT2D eigenvalue weighted by Gasteiger charge is -2.17. The van der Waals surface area contributed by atoms with Crippen LogP contribution in [0.5, 0.6) is 0 Å². The number of hydrogen-bond donors (Lipinski definition) is 1. The van der Waals surface area contributed by atoms with Gasteiger partial charge in [0.15, 0.2) is 0 Å². The van der Waals surface area contributed by atoms with E-state index in [9.17, 15) is 4.79 Å². The molecule has 1 unspecified atom stereocenters. The zero-order chi connectivity index (χ0) is 18.2. The maximum absolute atomic E-state index is 11.6. The Morgan fingerprint density at radius 3 is 2.72 bits per heavy atom. The summed E-state index contributed by atoms with van der Waals surface area (Å²) in [4.78, 5) is 12.8. The van der Waals surface area contributed by atoms with Crippen molar-refractivity contribution in [2.75, 3.05) is 0 Å². The lowest BCUT2D eigenvalue weighted by Crippen LogP contribution is -2.14. The molecule has 1 aromatic carbocycles. The molecule has 1 amide bonds. The maximum atomic E-state index is 11.6. The second kappa shape index (κ2) is 9.78. The number of benzene rings is 1. The molecule has 0 saturated heterocycles. The molecule has 0 aliphatic carbocycles. The highest BCUT2D eigenvalue weighted by Gasteiger charge is 2.14. The van der Waals surface area contributed by atoms with Gasteiger partial charge in [0.05, 0.1) is 16.8 Å². The van der Waals surface area contributed by atoms with Crippen LogP contribution < -0.4 is 4.72 Å². The van der Waals surface area contributed by atoms with Crippen molar-refractivity contribution >= 4 is 29.6 Å². The third-order valence-electron chi connectivity index (χ3n) is 3.99. The van der Waals surface area contributed by atoms with Crippen LogP contribution in [0.15, 0.2) is 56.9 Å². The number of carbonyl (C=O) groups is 1. The number of rotatable bonds is 9. The van der Waals surface area contributed by atoms with Gasteiger partial charge in [0.25, 0.3) is 0 Å². The zero-order valence-corrected chi connectivity index (χ0v) is 16.6. The van der Waals surface area contributed by atoms with E-state index in [0.717, 1.165) is 28.2 Å². The Labute approximate surface area is 158 Å². The van der Waals surface area contributed by atoms with Gasteiger partial charge in [-0.05, 0) is 60.0 Å². The molecule has 0 bridgehead atoms. The summed E-state index contributed by atoms with van der Waals surface area (Å²) in [5.41, 5.74) is 3.54. The molecule has 5 heteroatoms. The fourth-order valence-electron chi connectivity index (χ4n) is 2.39. The van der Waals surface area contributed by atoms with Crippen molar-refractivity contribution in [3.05, 3.63) is 53.2 Å². The van der Waals surface area contributed by atoms with E-state index in [4.69, 9.17) is 4.42 Å². The van der Waals surface area contributed by atoms with Crippen LogP contribution in [-0.4, -0.2) is 5.91 Å². The van der Waals surface area contributed by atoms with E-state index in [2.05, 4.69) is 43.3 Å². The highest BCUT2D eigenvalue weighted by atomic mass is 32.2. The number of hydrogen-bond acceptors (Lipinski definition) is 4. The first-order valence-corrected chi connectivity index (χ1v) is 10.2. The molecule has 0 fully saturated rings. The summed E-state index contributed by atoms with van der Waals surface area (Å²) in [7, 11) is 0. The van der Waals surface area contributed by atoms with Crippen molar-refractivity contribution in [2.45, 2.75) is 50.8 Å². The summed E-state index contributed by atoms with van der Waals surface area (Å²) in [5.74, 6) is 0.494. The normalized spacial score (nSPS) is 12.0. The molecular formula is C20H25NO2S2. The average molecular weight is 376 g/mol. The smallest absolute Gasteiger partial charge is 0.230 e. The van der Waals surface area contributed by atoms with E-state index in [0.29, 0.717) is 12.3 Å². The van der Waals surface area contributed by atoms with E-state index in [1.807, 2.05) is 13.0 Å². The third-order valence-corrected chi connectivity index (χ3v) is 5.86. The van der Waals surface area contributed by atoms with Gasteiger partial charge < -0.3 is 4.42 Å². The minimum absolute atomic E-state index is 0.0479. The molecule has 0 saturated carbocycles. The van der Waals surface area contributed by atoms with Gasteiger partial charge >= 0.3 is 0 Å². The van der Waals surface area contributed by atoms with Gasteiger partial charge in [-0.25, -0.2) is 0 Å². The van der Waals surface area contributed by atoms with Crippen LogP contribution in [0.4, 0.5) is 0 Å². The molecule has 1 heterocycles. The highest BCUT2D eigenvalue weighted by molar-refractivity contribution is 8.21. The quantitative estimate of drug-likeness (QED) is 0.396. The Morgan fingerprint density at radius 2 is 2.08 bits per heavy atom. The summed E-state index contributed by atoms with van der Waals surface area (Å²) in [6, 6.07) is 8.44. The van der Waals surface area contributed by atoms with Gasteiger partial charge in [-0.1, -0.05) is 45.2 Å². The summed E-state index contributed by atoms with van der Waals surface area (Å²) in [6.45, 7) is 10.5. The van der Waals surface area contributed by atoms with Crippen LogP contribution in [0.3, 0.4) is 0 Å². The van der Waals surface area contributed by atoms with Crippen LogP contribution in [0, 0.1) is 0 Å². The summed E-state index contributed by atoms with van der Waals surface area (Å²) in [5, 5.41) is 0. The van der Waals surface area contributed by atoms with Crippen molar-refractivity contribution in [1.29, 1.82) is 0 Å². The van der Waals surface area contributed by atoms with E-state index in [1.165, 1.54) is 22.4 Å². The topological polar surface area (TPSA) is 42.2 Å². The second-order valence-electron chi connectivity index (χ2n) is 5.93. The van der Waals surface area contributed by atoms with Crippen LogP contribution in [0.25, 0.3) is 11.1 Å². The van der Waals surface area contributed by atoms with Gasteiger partial charge in [0.2, 0.25) is 5.91 Å². The first kappa shape index (κ1) is 19.7. The second-order valence-corrected chi connectivity index (χ2v) is 8.22. The largest absolute Gasteiger partial charge is 0.472 e. The number of furan rings is 1. The van der Waals surface area contributed by atoms with Gasteiger partial charge in [0.1, 0.15) is 0 Å². The average Bonchev–Trinajstić information content (AvgIpc) is 3.14. The molecule has 3 nitrogen and oxygen atoms in total. The minimum atomic E-state index is 0.0479. The predicted octanol–water partition coefficient (Wildman–Crippen LogP) is 6.59. The SMILES string of the molecule is C=C(SNC(=O)CCC)Sc1ccc(-c2ccoc2)cc1C(C)CC. The first-order chi connectivity index (χ1) is 12.0. The van der Waals surface area contributed by atoms with Crippen LogP contribution in [0.1, 0.15) is 51.5 Å². The molecule has 0 aliphatic heterocycles. The van der Waals surface area contributed by atoms with E-state index >= 15 is 0 Å². The molecule has 1 N–H and O–H groups in total. The molecule has 1 atom stereocenters. The number of nitrogens with one attached hydrogen (secondary N) is 1. The Balaban J connectivity index is 2.13. The van der Waals surface area contributed by atoms with E-state index in [1.54, 1.807) is 24.3 Å². The third kappa shape index (κ3) is 5.72. The molecule has 25 heavy (non-hydrogen) atoms. The van der Waals surface area contributed by atoms with Gasteiger partial charge in [-0.3, -0.25) is 9.52 Å². The number of thioether (sulfide) groups is 1. The summed E-state index contributed by atoms with van der Waals surface area (Å²) >= 11 is 2.91. The summed E-state index contributed by atoms with van der Waals surface area (Å²) in [6.07, 6.45) is 5.91. The van der Waals surface area contributed by atoms with Crippen molar-refractivity contribution in [3.63, 3.8) is 0 Å². The Bertz CT molecular complexity index is 710. The fraction of sp³-hybridized carbons (Fsp3) is 0.350. The summed E-state index contributed by atoms with van der Waals surface area (Å²) < 4.78 is 8.91. The predicted molar refractivity (Wildman–Crippen MR) is 108 cm³/mol. The zero-order valence-electron chi connectivity index (χ0n) is 15.0. The fourth-order valence-corrected chi connectivity index (χ4v) is 4.04. The monoisotopic (exact) mass is 375 g/mol. The molecule has 134 valence electrons. The standard InChI is InChI=1S/C20H25NO2S2/c1-5-7-20(22)21-25-15(4)24-19-9-8-16(17-10-11-23-13-17)12-18(19)14(3)6-2/h8-14H,4-7H2,1-3H3,(H,21,22). The van der Waals surface area contributed by atoms with Gasteiger partial charge in [0, 0.05) is 16.9 Å². The van der Waals surface area contributed by atoms with Crippen molar-refractivity contribution < 1.29 is 9.21 Å². The van der Waals surface area contributed by atoms with Crippen molar-refractivity contribution in [1.82, 2.24) is 4.72 Å². The molecule has 2 aromatic rings. The molecule has 0 spiro atoms. The Hall–Kier alpha value is -1.59. The Morgan fingerprint density at radius 1 is 1.28 bits per heavy atom. The molecular weight excluding hydrogens is 350 g/mol. The van der Waals surface area contributed by atoms with Gasteiger partial charge in [-0.15, -0.1) is 0 Å². The van der Waals surface area contributed by atoms with Crippen LogP contribution >= 0.6 is 23.7 Å². The molecule has 0 radical (unpaired) electrons. The molecule has 2 rings (SSSR count). The van der Waals surface area contributed by atoms with E-state index in [-0.39, 0.29) is 5.91 Å². The van der Waals surface area contributed by atoms with E-state index < -0.39 is 0 Å². The molecule has 0 aliphatic rings. The van der Waals surface area contributed by atoms with Crippen molar-refractivity contribution in [2.24, 2.45) is 0 Å². The molecule has 1 aromatic heterocycles. The number of amides is 1. The highest BCUT2D eigenvalue weighted by Crippen LogP contribution is 2.39. The lowest BCUT2D eigenvalue weighted by molar-refractivity contribution is -0.119. The maximum Gasteiger partial charge on any atom is 0.230 e. The number of carbonyl (C=O) groups excluding carboxylic acids is 1. The lowest BCUT2D eigenvalue weighted by atomic mass is 9.95. The minimum Gasteiger partial charge on any atom is -0.472 e. The first-order valence-electron chi connectivity index (χ1n) is 8.54. The van der Waals surface area contributed by atoms with Crippen LogP contribution in [0.2, 0.25) is 0 Å². The van der Waals surface area contributed by atoms with Gasteiger partial charge in [-0.2, -0.15) is 0 Å².